The molecular formula is C13H17NO3. The van der Waals surface area contributed by atoms with Gasteiger partial charge in [0.2, 0.25) is 5.91 Å². The first-order chi connectivity index (χ1) is 7.81. The lowest BCUT2D eigenvalue weighted by Crippen LogP contribution is -2.36. The Balaban J connectivity index is 2.85. The lowest BCUT2D eigenvalue weighted by atomic mass is 10.0. The van der Waals surface area contributed by atoms with E-state index in [0.29, 0.717) is 5.75 Å². The van der Waals surface area contributed by atoms with Gasteiger partial charge in [0.05, 0.1) is 6.42 Å². The number of ether oxygens (including phenoxy) is 1. The summed E-state index contributed by atoms with van der Waals surface area (Å²) in [6, 6.07) is 7.02. The zero-order chi connectivity index (χ0) is 13.1. The number of ketones is 1. The summed E-state index contributed by atoms with van der Waals surface area (Å²) in [5, 5.41) is 0. The van der Waals surface area contributed by atoms with Crippen LogP contribution in [0.5, 0.6) is 5.75 Å². The van der Waals surface area contributed by atoms with Gasteiger partial charge in [0.15, 0.2) is 11.4 Å². The first kappa shape index (κ1) is 13.2. The molecule has 0 saturated carbocycles. The molecule has 17 heavy (non-hydrogen) atoms. The summed E-state index contributed by atoms with van der Waals surface area (Å²) in [5.41, 5.74) is 5.02. The number of rotatable bonds is 5. The SMILES string of the molecule is CC(=O)C(C)(C)Oc1cccc(CC(N)=O)c1. The quantitative estimate of drug-likeness (QED) is 0.840. The number of hydrogen-bond acceptors (Lipinski definition) is 3. The van der Waals surface area contributed by atoms with E-state index < -0.39 is 11.5 Å². The monoisotopic (exact) mass is 235 g/mol. The standard InChI is InChI=1S/C13H17NO3/c1-9(15)13(2,3)17-11-6-4-5-10(7-11)8-12(14)16/h4-7H,8H2,1-3H3,(H2,14,16). The smallest absolute Gasteiger partial charge is 0.221 e. The molecule has 0 unspecified atom stereocenters. The Kier molecular flexibility index (Phi) is 3.89. The molecule has 0 aliphatic heterocycles. The maximum Gasteiger partial charge on any atom is 0.221 e. The first-order valence-corrected chi connectivity index (χ1v) is 5.38. The highest BCUT2D eigenvalue weighted by Crippen LogP contribution is 2.20. The molecule has 0 aromatic heterocycles. The Morgan fingerprint density at radius 1 is 1.35 bits per heavy atom. The molecule has 0 fully saturated rings. The van der Waals surface area contributed by atoms with Gasteiger partial charge < -0.3 is 10.5 Å². The van der Waals surface area contributed by atoms with Gasteiger partial charge in [0.25, 0.3) is 0 Å². The van der Waals surface area contributed by atoms with Gasteiger partial charge in [-0.3, -0.25) is 9.59 Å². The maximum atomic E-state index is 11.3. The van der Waals surface area contributed by atoms with E-state index in [9.17, 15) is 9.59 Å². The number of amides is 1. The van der Waals surface area contributed by atoms with Gasteiger partial charge in [-0.1, -0.05) is 12.1 Å². The van der Waals surface area contributed by atoms with E-state index in [4.69, 9.17) is 10.5 Å². The lowest BCUT2D eigenvalue weighted by Gasteiger charge is -2.23. The van der Waals surface area contributed by atoms with E-state index in [2.05, 4.69) is 0 Å². The van der Waals surface area contributed by atoms with Crippen molar-refractivity contribution in [2.75, 3.05) is 0 Å². The molecule has 4 nitrogen and oxygen atoms in total. The van der Waals surface area contributed by atoms with Crippen molar-refractivity contribution in [2.45, 2.75) is 32.8 Å². The Hall–Kier alpha value is -1.84. The summed E-state index contributed by atoms with van der Waals surface area (Å²) >= 11 is 0. The summed E-state index contributed by atoms with van der Waals surface area (Å²) in [6.07, 6.45) is 0.164. The van der Waals surface area contributed by atoms with E-state index in [0.717, 1.165) is 5.56 Å². The van der Waals surface area contributed by atoms with Crippen molar-refractivity contribution in [3.63, 3.8) is 0 Å². The van der Waals surface area contributed by atoms with Crippen LogP contribution in [0.1, 0.15) is 26.3 Å². The fourth-order valence-corrected chi connectivity index (χ4v) is 1.29. The highest BCUT2D eigenvalue weighted by molar-refractivity contribution is 5.84. The molecule has 0 bridgehead atoms. The second-order valence-electron chi connectivity index (χ2n) is 4.46. The molecule has 4 heteroatoms. The van der Waals surface area contributed by atoms with E-state index in [1.165, 1.54) is 6.92 Å². The fourth-order valence-electron chi connectivity index (χ4n) is 1.29. The van der Waals surface area contributed by atoms with Crippen molar-refractivity contribution in [3.05, 3.63) is 29.8 Å². The molecule has 0 radical (unpaired) electrons. The number of Topliss-reactive ketones (excluding diaryl/α,β-unsaturated/α-hetero) is 1. The predicted octanol–water partition coefficient (Wildman–Crippen LogP) is 1.46. The third-order valence-corrected chi connectivity index (χ3v) is 2.50. The van der Waals surface area contributed by atoms with Gasteiger partial charge in [0, 0.05) is 0 Å². The van der Waals surface area contributed by atoms with E-state index in [1.54, 1.807) is 38.1 Å². The van der Waals surface area contributed by atoms with Crippen molar-refractivity contribution in [2.24, 2.45) is 5.73 Å². The van der Waals surface area contributed by atoms with Gasteiger partial charge >= 0.3 is 0 Å². The van der Waals surface area contributed by atoms with Gasteiger partial charge in [-0.05, 0) is 38.5 Å². The summed E-state index contributed by atoms with van der Waals surface area (Å²) in [7, 11) is 0. The molecule has 92 valence electrons. The Bertz CT molecular complexity index is 438. The second kappa shape index (κ2) is 4.99. The van der Waals surface area contributed by atoms with Crippen LogP contribution in [0.15, 0.2) is 24.3 Å². The van der Waals surface area contributed by atoms with Crippen molar-refractivity contribution < 1.29 is 14.3 Å². The Morgan fingerprint density at radius 3 is 2.53 bits per heavy atom. The van der Waals surface area contributed by atoms with Crippen LogP contribution in [0.3, 0.4) is 0 Å². The van der Waals surface area contributed by atoms with Crippen molar-refractivity contribution in [1.82, 2.24) is 0 Å². The molecule has 1 amide bonds. The zero-order valence-corrected chi connectivity index (χ0v) is 10.3. The van der Waals surface area contributed by atoms with Crippen LogP contribution in [0.25, 0.3) is 0 Å². The minimum Gasteiger partial charge on any atom is -0.480 e. The predicted molar refractivity (Wildman–Crippen MR) is 64.7 cm³/mol. The first-order valence-electron chi connectivity index (χ1n) is 5.38. The maximum absolute atomic E-state index is 11.3. The molecule has 0 heterocycles. The highest BCUT2D eigenvalue weighted by atomic mass is 16.5. The van der Waals surface area contributed by atoms with Crippen LogP contribution in [-0.2, 0) is 16.0 Å². The van der Waals surface area contributed by atoms with Gasteiger partial charge in [-0.2, -0.15) is 0 Å². The highest BCUT2D eigenvalue weighted by Gasteiger charge is 2.25. The Morgan fingerprint density at radius 2 is 2.00 bits per heavy atom. The van der Waals surface area contributed by atoms with E-state index in [-0.39, 0.29) is 12.2 Å². The fraction of sp³-hybridized carbons (Fsp3) is 0.385. The number of primary amides is 1. The molecule has 0 spiro atoms. The number of hydrogen-bond donors (Lipinski definition) is 1. The number of benzene rings is 1. The van der Waals surface area contributed by atoms with Crippen LogP contribution >= 0.6 is 0 Å². The Labute approximate surface area is 101 Å². The minimum absolute atomic E-state index is 0.0576. The third-order valence-electron chi connectivity index (χ3n) is 2.50. The molecular weight excluding hydrogens is 218 g/mol. The molecule has 0 atom stereocenters. The summed E-state index contributed by atoms with van der Waals surface area (Å²) in [5.74, 6) is 0.106. The summed E-state index contributed by atoms with van der Waals surface area (Å²) < 4.78 is 5.58. The zero-order valence-electron chi connectivity index (χ0n) is 10.3. The average molecular weight is 235 g/mol. The number of carbonyl (C=O) groups is 2. The molecule has 1 aromatic rings. The molecule has 0 saturated heterocycles. The molecule has 2 N–H and O–H groups in total. The van der Waals surface area contributed by atoms with Crippen molar-refractivity contribution >= 4 is 11.7 Å². The van der Waals surface area contributed by atoms with Crippen LogP contribution in [0.4, 0.5) is 0 Å². The van der Waals surface area contributed by atoms with Crippen LogP contribution < -0.4 is 10.5 Å². The van der Waals surface area contributed by atoms with Crippen molar-refractivity contribution in [3.8, 4) is 5.75 Å². The van der Waals surface area contributed by atoms with E-state index in [1.807, 2.05) is 0 Å². The van der Waals surface area contributed by atoms with E-state index >= 15 is 0 Å². The largest absolute Gasteiger partial charge is 0.480 e. The third kappa shape index (κ3) is 3.90. The normalized spacial score (nSPS) is 11.0. The second-order valence-corrected chi connectivity index (χ2v) is 4.46. The summed E-state index contributed by atoms with van der Waals surface area (Å²) in [6.45, 7) is 4.89. The average Bonchev–Trinajstić information content (AvgIpc) is 2.15. The van der Waals surface area contributed by atoms with Gasteiger partial charge in [-0.15, -0.1) is 0 Å². The van der Waals surface area contributed by atoms with Crippen molar-refractivity contribution in [1.29, 1.82) is 0 Å². The molecule has 1 aromatic carbocycles. The molecule has 0 aliphatic rings. The van der Waals surface area contributed by atoms with Crippen LogP contribution in [0, 0.1) is 0 Å². The van der Waals surface area contributed by atoms with Crippen LogP contribution in [0.2, 0.25) is 0 Å². The molecule has 1 rings (SSSR count). The number of carbonyl (C=O) groups excluding carboxylic acids is 2. The van der Waals surface area contributed by atoms with Gasteiger partial charge in [0.1, 0.15) is 5.75 Å². The minimum atomic E-state index is -0.870. The number of nitrogens with two attached hydrogens (primary N) is 1. The summed E-state index contributed by atoms with van der Waals surface area (Å²) in [4.78, 5) is 22.1. The topological polar surface area (TPSA) is 69.4 Å². The lowest BCUT2D eigenvalue weighted by molar-refractivity contribution is -0.129. The molecule has 0 aliphatic carbocycles. The van der Waals surface area contributed by atoms with Gasteiger partial charge in [-0.25, -0.2) is 0 Å². The van der Waals surface area contributed by atoms with Crippen LogP contribution in [-0.4, -0.2) is 17.3 Å².